The molecule has 4 heterocycles. The predicted octanol–water partition coefficient (Wildman–Crippen LogP) is 2.64. The van der Waals surface area contributed by atoms with E-state index in [0.29, 0.717) is 18.2 Å². The molecule has 1 saturated heterocycles. The molecule has 0 spiro atoms. The zero-order valence-corrected chi connectivity index (χ0v) is 14.6. The number of rotatable bonds is 2. The summed E-state index contributed by atoms with van der Waals surface area (Å²) in [5, 5.41) is 0.671. The van der Waals surface area contributed by atoms with Gasteiger partial charge in [0.2, 0.25) is 5.95 Å². The summed E-state index contributed by atoms with van der Waals surface area (Å²) in [5.41, 5.74) is 8.51. The second-order valence-electron chi connectivity index (χ2n) is 6.13. The van der Waals surface area contributed by atoms with Crippen LogP contribution in [0.3, 0.4) is 0 Å². The van der Waals surface area contributed by atoms with Crippen molar-refractivity contribution in [2.45, 2.75) is 19.4 Å². The molecule has 0 bridgehead atoms. The topological polar surface area (TPSA) is 81.6 Å². The third kappa shape index (κ3) is 3.12. The number of hydrogen-bond donors (Lipinski definition) is 1. The van der Waals surface area contributed by atoms with Crippen LogP contribution in [0.2, 0.25) is 5.02 Å². The summed E-state index contributed by atoms with van der Waals surface area (Å²) in [7, 11) is 0. The smallest absolute Gasteiger partial charge is 0.222 e. The highest BCUT2D eigenvalue weighted by Gasteiger charge is 2.27. The fourth-order valence-corrected chi connectivity index (χ4v) is 3.52. The molecule has 0 amide bonds. The van der Waals surface area contributed by atoms with Crippen LogP contribution in [-0.2, 0) is 4.74 Å². The second kappa shape index (κ2) is 6.50. The molecule has 0 unspecified atom stereocenters. The SMILES string of the molecule is Cc1cc(N2CCCOC[C@H]2c2cc3nccn3cc2Cl)nc(N)n1. The van der Waals surface area contributed by atoms with Crippen molar-refractivity contribution in [3.63, 3.8) is 0 Å². The van der Waals surface area contributed by atoms with Crippen molar-refractivity contribution in [1.82, 2.24) is 19.4 Å². The van der Waals surface area contributed by atoms with Gasteiger partial charge < -0.3 is 19.8 Å². The number of nitrogens with two attached hydrogens (primary N) is 1. The Labute approximate surface area is 150 Å². The van der Waals surface area contributed by atoms with E-state index in [1.54, 1.807) is 6.20 Å². The van der Waals surface area contributed by atoms with Crippen LogP contribution in [-0.4, -0.2) is 39.1 Å². The fourth-order valence-electron chi connectivity index (χ4n) is 3.24. The summed E-state index contributed by atoms with van der Waals surface area (Å²) in [6.07, 6.45) is 6.41. The largest absolute Gasteiger partial charge is 0.379 e. The number of aryl methyl sites for hydroxylation is 1. The number of imidazole rings is 1. The van der Waals surface area contributed by atoms with Gasteiger partial charge in [-0.2, -0.15) is 4.98 Å². The molecule has 3 aromatic heterocycles. The van der Waals surface area contributed by atoms with Gasteiger partial charge in [0.1, 0.15) is 11.5 Å². The number of anilines is 2. The summed E-state index contributed by atoms with van der Waals surface area (Å²) in [5.74, 6) is 1.06. The Morgan fingerprint density at radius 1 is 1.32 bits per heavy atom. The lowest BCUT2D eigenvalue weighted by Crippen LogP contribution is -2.32. The maximum atomic E-state index is 6.57. The van der Waals surface area contributed by atoms with Crippen molar-refractivity contribution in [2.75, 3.05) is 30.4 Å². The first kappa shape index (κ1) is 16.1. The molecular formula is C17H19ClN6O. The number of pyridine rings is 1. The van der Waals surface area contributed by atoms with Crippen molar-refractivity contribution in [2.24, 2.45) is 0 Å². The van der Waals surface area contributed by atoms with Crippen molar-refractivity contribution in [1.29, 1.82) is 0 Å². The first-order valence-corrected chi connectivity index (χ1v) is 8.57. The lowest BCUT2D eigenvalue weighted by Gasteiger charge is -2.31. The lowest BCUT2D eigenvalue weighted by atomic mass is 10.1. The second-order valence-corrected chi connectivity index (χ2v) is 6.54. The Balaban J connectivity index is 1.81. The Kier molecular flexibility index (Phi) is 4.19. The van der Waals surface area contributed by atoms with Crippen LogP contribution in [0.25, 0.3) is 5.65 Å². The molecule has 1 fully saturated rings. The summed E-state index contributed by atoms with van der Waals surface area (Å²) in [4.78, 5) is 15.2. The first-order chi connectivity index (χ1) is 12.1. The third-order valence-electron chi connectivity index (χ3n) is 4.36. The van der Waals surface area contributed by atoms with Gasteiger partial charge in [-0.15, -0.1) is 0 Å². The zero-order valence-electron chi connectivity index (χ0n) is 13.9. The molecule has 8 heteroatoms. The highest BCUT2D eigenvalue weighted by atomic mass is 35.5. The number of halogens is 1. The molecule has 1 aliphatic rings. The maximum Gasteiger partial charge on any atom is 0.222 e. The van der Waals surface area contributed by atoms with E-state index < -0.39 is 0 Å². The minimum Gasteiger partial charge on any atom is -0.379 e. The fraction of sp³-hybridized carbons (Fsp3) is 0.353. The molecule has 0 aromatic carbocycles. The van der Waals surface area contributed by atoms with Crippen LogP contribution in [0.15, 0.2) is 30.7 Å². The number of fused-ring (bicyclic) bond motifs is 1. The average Bonchev–Trinajstić information content (AvgIpc) is 2.87. The average molecular weight is 359 g/mol. The van der Waals surface area contributed by atoms with Gasteiger partial charge in [-0.1, -0.05) is 11.6 Å². The van der Waals surface area contributed by atoms with Crippen LogP contribution in [0.4, 0.5) is 11.8 Å². The number of nitrogens with zero attached hydrogens (tertiary/aromatic N) is 5. The molecule has 0 aliphatic carbocycles. The maximum absolute atomic E-state index is 6.57. The number of hydrogen-bond acceptors (Lipinski definition) is 6. The number of aromatic nitrogens is 4. The van der Waals surface area contributed by atoms with Crippen molar-refractivity contribution in [3.8, 4) is 0 Å². The molecule has 0 saturated carbocycles. The highest BCUT2D eigenvalue weighted by Crippen LogP contribution is 2.33. The molecule has 1 aliphatic heterocycles. The summed E-state index contributed by atoms with van der Waals surface area (Å²) < 4.78 is 7.72. The third-order valence-corrected chi connectivity index (χ3v) is 4.68. The van der Waals surface area contributed by atoms with Gasteiger partial charge in [0.25, 0.3) is 0 Å². The minimum absolute atomic E-state index is 0.0644. The molecule has 4 rings (SSSR count). The van der Waals surface area contributed by atoms with Crippen molar-refractivity contribution in [3.05, 3.63) is 47.0 Å². The minimum atomic E-state index is -0.0644. The van der Waals surface area contributed by atoms with E-state index in [0.717, 1.165) is 35.7 Å². The van der Waals surface area contributed by atoms with Crippen LogP contribution in [0.1, 0.15) is 23.7 Å². The summed E-state index contributed by atoms with van der Waals surface area (Å²) >= 11 is 6.57. The Hall–Kier alpha value is -2.38. The first-order valence-electron chi connectivity index (χ1n) is 8.19. The number of ether oxygens (including phenoxy) is 1. The number of nitrogen functional groups attached to an aromatic ring is 1. The van der Waals surface area contributed by atoms with E-state index in [2.05, 4.69) is 19.9 Å². The Morgan fingerprint density at radius 2 is 2.20 bits per heavy atom. The van der Waals surface area contributed by atoms with Gasteiger partial charge in [-0.3, -0.25) is 0 Å². The van der Waals surface area contributed by atoms with Crippen LogP contribution in [0, 0.1) is 6.92 Å². The van der Waals surface area contributed by atoms with E-state index in [9.17, 15) is 0 Å². The van der Waals surface area contributed by atoms with Crippen LogP contribution in [0.5, 0.6) is 0 Å². The van der Waals surface area contributed by atoms with Crippen LogP contribution < -0.4 is 10.6 Å². The lowest BCUT2D eigenvalue weighted by molar-refractivity contribution is 0.134. The molecule has 2 N–H and O–H groups in total. The Morgan fingerprint density at radius 3 is 3.04 bits per heavy atom. The quantitative estimate of drug-likeness (QED) is 0.758. The van der Waals surface area contributed by atoms with Gasteiger partial charge >= 0.3 is 0 Å². The Bertz CT molecular complexity index is 891. The van der Waals surface area contributed by atoms with E-state index in [-0.39, 0.29) is 12.0 Å². The zero-order chi connectivity index (χ0) is 17.4. The summed E-state index contributed by atoms with van der Waals surface area (Å²) in [6, 6.07) is 3.88. The van der Waals surface area contributed by atoms with E-state index >= 15 is 0 Å². The summed E-state index contributed by atoms with van der Waals surface area (Å²) in [6.45, 7) is 3.94. The predicted molar refractivity (Wildman–Crippen MR) is 96.9 cm³/mol. The van der Waals surface area contributed by atoms with Gasteiger partial charge in [0.05, 0.1) is 17.7 Å². The molecule has 130 valence electrons. The molecule has 25 heavy (non-hydrogen) atoms. The van der Waals surface area contributed by atoms with Crippen molar-refractivity contribution < 1.29 is 4.74 Å². The highest BCUT2D eigenvalue weighted by molar-refractivity contribution is 6.31. The monoisotopic (exact) mass is 358 g/mol. The van der Waals surface area contributed by atoms with Gasteiger partial charge in [0, 0.05) is 49.1 Å². The van der Waals surface area contributed by atoms with E-state index in [1.165, 1.54) is 0 Å². The normalized spacial score (nSPS) is 18.5. The van der Waals surface area contributed by atoms with Gasteiger partial charge in [-0.25, -0.2) is 9.97 Å². The van der Waals surface area contributed by atoms with Crippen LogP contribution >= 0.6 is 11.6 Å². The van der Waals surface area contributed by atoms with E-state index in [4.69, 9.17) is 22.1 Å². The van der Waals surface area contributed by atoms with Gasteiger partial charge in [-0.05, 0) is 19.4 Å². The van der Waals surface area contributed by atoms with E-state index in [1.807, 2.05) is 35.9 Å². The molecular weight excluding hydrogens is 340 g/mol. The van der Waals surface area contributed by atoms with Crippen molar-refractivity contribution >= 4 is 29.0 Å². The standard InChI is InChI=1S/C17H19ClN6O/c1-11-7-16(22-17(19)21-11)24-4-2-6-25-10-14(24)12-8-15-20-3-5-23(15)9-13(12)18/h3,5,7-9,14H,2,4,6,10H2,1H3,(H2,19,21,22)/t14-/m0/s1. The van der Waals surface area contributed by atoms with Gasteiger partial charge in [0.15, 0.2) is 0 Å². The molecule has 0 radical (unpaired) electrons. The molecule has 1 atom stereocenters. The molecule has 7 nitrogen and oxygen atoms in total. The molecule has 3 aromatic rings.